The second kappa shape index (κ2) is 13.2. The highest BCUT2D eigenvalue weighted by Crippen LogP contribution is 2.25. The van der Waals surface area contributed by atoms with Crippen molar-refractivity contribution >= 4 is 0 Å². The number of rotatable bonds is 7. The lowest BCUT2D eigenvalue weighted by Gasteiger charge is -2.42. The standard InChI is InChI=1S/C22H32O10/c1-3-4-5-6-7-8-9-10-11-29-21-20(28)18(26)16(24)14(32-21)12-30-22-19(27)17(25)15(23)13(2)31-22/h3-4,13-28H,9-12H2,1-2H3. The van der Waals surface area contributed by atoms with E-state index in [1.165, 1.54) is 6.92 Å². The first-order valence-corrected chi connectivity index (χ1v) is 10.5. The van der Waals surface area contributed by atoms with Crippen LogP contribution < -0.4 is 0 Å². The van der Waals surface area contributed by atoms with Gasteiger partial charge in [-0.3, -0.25) is 0 Å². The Balaban J connectivity index is 1.83. The summed E-state index contributed by atoms with van der Waals surface area (Å²) in [5, 5.41) is 60.0. The highest BCUT2D eigenvalue weighted by molar-refractivity contribution is 5.30. The van der Waals surface area contributed by atoms with Gasteiger partial charge in [-0.2, -0.15) is 0 Å². The smallest absolute Gasteiger partial charge is 0.186 e. The maximum Gasteiger partial charge on any atom is 0.186 e. The second-order valence-corrected chi connectivity index (χ2v) is 7.57. The third kappa shape index (κ3) is 7.24. The van der Waals surface area contributed by atoms with E-state index in [0.29, 0.717) is 12.8 Å². The van der Waals surface area contributed by atoms with Gasteiger partial charge in [-0.15, -0.1) is 0 Å². The largest absolute Gasteiger partial charge is 0.388 e. The molecule has 0 spiro atoms. The molecule has 2 fully saturated rings. The van der Waals surface area contributed by atoms with Crippen molar-refractivity contribution in [2.24, 2.45) is 0 Å². The van der Waals surface area contributed by atoms with Gasteiger partial charge in [0.25, 0.3) is 0 Å². The maximum atomic E-state index is 10.2. The van der Waals surface area contributed by atoms with E-state index in [1.54, 1.807) is 12.2 Å². The highest BCUT2D eigenvalue weighted by Gasteiger charge is 2.46. The van der Waals surface area contributed by atoms with Crippen LogP contribution in [0.3, 0.4) is 0 Å². The summed E-state index contributed by atoms with van der Waals surface area (Å²) >= 11 is 0. The Kier molecular flexibility index (Phi) is 11.0. The van der Waals surface area contributed by atoms with Gasteiger partial charge in [0.15, 0.2) is 12.6 Å². The normalized spacial score (nSPS) is 39.8. The molecule has 2 heterocycles. The van der Waals surface area contributed by atoms with E-state index in [9.17, 15) is 30.6 Å². The van der Waals surface area contributed by atoms with Gasteiger partial charge in [0, 0.05) is 6.42 Å². The van der Waals surface area contributed by atoms with Crippen LogP contribution in [-0.4, -0.2) is 105 Å². The summed E-state index contributed by atoms with van der Waals surface area (Å²) in [6, 6.07) is 0. The van der Waals surface area contributed by atoms with E-state index in [-0.39, 0.29) is 13.2 Å². The monoisotopic (exact) mass is 456 g/mol. The SMILES string of the molecule is CC=CC#CC#CCCCOC1OC(COC2OC(C)C(O)C(O)C2O)C(O)C(O)C1O. The number of aliphatic hydroxyl groups excluding tert-OH is 6. The van der Waals surface area contributed by atoms with Crippen molar-refractivity contribution in [1.82, 2.24) is 0 Å². The van der Waals surface area contributed by atoms with Crippen LogP contribution in [0.25, 0.3) is 0 Å². The Hall–Kier alpha value is -1.54. The van der Waals surface area contributed by atoms with E-state index in [2.05, 4.69) is 23.7 Å². The van der Waals surface area contributed by atoms with Gasteiger partial charge < -0.3 is 49.6 Å². The van der Waals surface area contributed by atoms with Crippen LogP contribution in [0.5, 0.6) is 0 Å². The molecule has 0 aromatic rings. The zero-order valence-corrected chi connectivity index (χ0v) is 18.1. The molecule has 10 nitrogen and oxygen atoms in total. The molecule has 0 amide bonds. The summed E-state index contributed by atoms with van der Waals surface area (Å²) in [6.45, 7) is 3.21. The van der Waals surface area contributed by atoms with E-state index < -0.39 is 61.4 Å². The summed E-state index contributed by atoms with van der Waals surface area (Å²) in [5.74, 6) is 11.0. The molecule has 0 aromatic carbocycles. The van der Waals surface area contributed by atoms with Crippen LogP contribution >= 0.6 is 0 Å². The lowest BCUT2D eigenvalue weighted by molar-refractivity contribution is -0.328. The predicted octanol–water partition coefficient (Wildman–Crippen LogP) is -1.98. The highest BCUT2D eigenvalue weighted by atomic mass is 16.7. The van der Waals surface area contributed by atoms with E-state index in [1.807, 2.05) is 6.92 Å². The van der Waals surface area contributed by atoms with Gasteiger partial charge in [0.2, 0.25) is 0 Å². The lowest BCUT2D eigenvalue weighted by Crippen LogP contribution is -2.61. The van der Waals surface area contributed by atoms with Gasteiger partial charge in [-0.1, -0.05) is 17.9 Å². The molecular weight excluding hydrogens is 424 g/mol. The molecule has 0 radical (unpaired) electrons. The molecule has 10 unspecified atom stereocenters. The Morgan fingerprint density at radius 2 is 1.47 bits per heavy atom. The zero-order chi connectivity index (χ0) is 23.7. The molecular formula is C22H32O10. The fourth-order valence-electron chi connectivity index (χ4n) is 3.16. The first-order valence-electron chi connectivity index (χ1n) is 10.5. The Morgan fingerprint density at radius 3 is 2.16 bits per heavy atom. The number of aliphatic hydroxyl groups is 6. The first kappa shape index (κ1) is 26.7. The number of hydrogen-bond acceptors (Lipinski definition) is 10. The Labute approximate surface area is 187 Å². The third-order valence-electron chi connectivity index (χ3n) is 5.10. The molecule has 2 rings (SSSR count). The summed E-state index contributed by atoms with van der Waals surface area (Å²) in [4.78, 5) is 0. The lowest BCUT2D eigenvalue weighted by atomic mass is 9.98. The number of hydrogen-bond donors (Lipinski definition) is 6. The summed E-state index contributed by atoms with van der Waals surface area (Å²) in [5.41, 5.74) is 0. The molecule has 0 bridgehead atoms. The van der Waals surface area contributed by atoms with E-state index in [4.69, 9.17) is 18.9 Å². The van der Waals surface area contributed by atoms with Gasteiger partial charge in [-0.05, 0) is 38.2 Å². The van der Waals surface area contributed by atoms with E-state index >= 15 is 0 Å². The molecule has 0 saturated carbocycles. The minimum absolute atomic E-state index is 0.182. The van der Waals surface area contributed by atoms with Crippen LogP contribution in [0.2, 0.25) is 0 Å². The molecule has 2 aliphatic rings. The quantitative estimate of drug-likeness (QED) is 0.187. The van der Waals surface area contributed by atoms with Gasteiger partial charge in [0.05, 0.1) is 19.3 Å². The van der Waals surface area contributed by atoms with Crippen molar-refractivity contribution in [2.45, 2.75) is 88.1 Å². The fourth-order valence-corrected chi connectivity index (χ4v) is 3.16. The molecule has 180 valence electrons. The average Bonchev–Trinajstić information content (AvgIpc) is 2.78. The van der Waals surface area contributed by atoms with Crippen molar-refractivity contribution in [3.05, 3.63) is 12.2 Å². The predicted molar refractivity (Wildman–Crippen MR) is 111 cm³/mol. The molecule has 0 aromatic heterocycles. The molecule has 10 heteroatoms. The summed E-state index contributed by atoms with van der Waals surface area (Å²) in [6.07, 6.45) is -8.64. The third-order valence-corrected chi connectivity index (χ3v) is 5.10. The maximum absolute atomic E-state index is 10.2. The zero-order valence-electron chi connectivity index (χ0n) is 18.1. The topological polar surface area (TPSA) is 158 Å². The number of ether oxygens (including phenoxy) is 4. The molecule has 2 aliphatic heterocycles. The van der Waals surface area contributed by atoms with Crippen molar-refractivity contribution in [1.29, 1.82) is 0 Å². The number of allylic oxidation sites excluding steroid dienone is 2. The number of unbranched alkanes of at least 4 members (excludes halogenated alkanes) is 1. The molecule has 6 N–H and O–H groups in total. The van der Waals surface area contributed by atoms with Gasteiger partial charge in [-0.25, -0.2) is 0 Å². The Morgan fingerprint density at radius 1 is 0.812 bits per heavy atom. The van der Waals surface area contributed by atoms with Crippen LogP contribution in [0.4, 0.5) is 0 Å². The van der Waals surface area contributed by atoms with Crippen LogP contribution in [0.1, 0.15) is 26.7 Å². The minimum Gasteiger partial charge on any atom is -0.388 e. The second-order valence-electron chi connectivity index (χ2n) is 7.57. The molecule has 2 saturated heterocycles. The summed E-state index contributed by atoms with van der Waals surface area (Å²) < 4.78 is 21.8. The van der Waals surface area contributed by atoms with Crippen molar-refractivity contribution in [3.8, 4) is 23.7 Å². The van der Waals surface area contributed by atoms with Crippen LogP contribution in [0, 0.1) is 23.7 Å². The fraction of sp³-hybridized carbons (Fsp3) is 0.727. The molecule has 10 atom stereocenters. The van der Waals surface area contributed by atoms with Crippen molar-refractivity contribution in [2.75, 3.05) is 13.2 Å². The average molecular weight is 456 g/mol. The molecule has 32 heavy (non-hydrogen) atoms. The van der Waals surface area contributed by atoms with Crippen molar-refractivity contribution in [3.63, 3.8) is 0 Å². The Bertz CT molecular complexity index is 720. The van der Waals surface area contributed by atoms with Crippen molar-refractivity contribution < 1.29 is 49.6 Å². The van der Waals surface area contributed by atoms with Gasteiger partial charge >= 0.3 is 0 Å². The summed E-state index contributed by atoms with van der Waals surface area (Å²) in [7, 11) is 0. The minimum atomic E-state index is -1.55. The van der Waals surface area contributed by atoms with Crippen LogP contribution in [-0.2, 0) is 18.9 Å². The molecule has 0 aliphatic carbocycles. The first-order chi connectivity index (χ1) is 15.3. The van der Waals surface area contributed by atoms with Gasteiger partial charge in [0.1, 0.15) is 42.7 Å². The van der Waals surface area contributed by atoms with E-state index in [0.717, 1.165) is 0 Å². The van der Waals surface area contributed by atoms with Crippen LogP contribution in [0.15, 0.2) is 12.2 Å².